The predicted octanol–water partition coefficient (Wildman–Crippen LogP) is 2.07. The molecule has 0 saturated heterocycles. The molecule has 0 aliphatic carbocycles. The zero-order valence-electron chi connectivity index (χ0n) is 13.2. The standard InChI is InChI=1S/C15H17F2N3.CH3NO/c1-10-14-9-19(2)6-3-7-20(14)15(18-10)12-5-4-11(16)8-13(12)17;2-1-3/h4-5,8H,3,6-7,9H2,1-2H3;1H,(H2,2,3). The number of imidazole rings is 1. The van der Waals surface area contributed by atoms with Gasteiger partial charge in [0.05, 0.1) is 17.0 Å². The number of amides is 1. The number of rotatable bonds is 1. The maximum absolute atomic E-state index is 14.0. The molecule has 1 aromatic heterocycles. The van der Waals surface area contributed by atoms with Gasteiger partial charge in [0, 0.05) is 19.2 Å². The van der Waals surface area contributed by atoms with Crippen LogP contribution in [0.25, 0.3) is 11.4 Å². The van der Waals surface area contributed by atoms with E-state index in [1.165, 1.54) is 12.1 Å². The molecule has 0 saturated carbocycles. The van der Waals surface area contributed by atoms with E-state index in [1.807, 2.05) is 6.92 Å². The van der Waals surface area contributed by atoms with Gasteiger partial charge in [-0.25, -0.2) is 13.8 Å². The SMILES string of the molecule is Cc1nc(-c2ccc(F)cc2F)n2c1CN(C)CCC2.NC=O. The summed E-state index contributed by atoms with van der Waals surface area (Å²) < 4.78 is 29.1. The monoisotopic (exact) mass is 322 g/mol. The topological polar surface area (TPSA) is 64.2 Å². The zero-order valence-corrected chi connectivity index (χ0v) is 13.2. The molecule has 2 heterocycles. The molecule has 1 amide bonds. The van der Waals surface area contributed by atoms with Crippen molar-refractivity contribution in [2.75, 3.05) is 13.6 Å². The third-order valence-corrected chi connectivity index (χ3v) is 3.79. The summed E-state index contributed by atoms with van der Waals surface area (Å²) >= 11 is 0. The van der Waals surface area contributed by atoms with Crippen LogP contribution in [-0.4, -0.2) is 34.5 Å². The van der Waals surface area contributed by atoms with Crippen LogP contribution in [0.4, 0.5) is 8.78 Å². The first-order chi connectivity index (χ1) is 11.0. The van der Waals surface area contributed by atoms with Crippen LogP contribution in [0, 0.1) is 18.6 Å². The van der Waals surface area contributed by atoms with Crippen molar-refractivity contribution >= 4 is 6.41 Å². The second-order valence-corrected chi connectivity index (χ2v) is 5.47. The van der Waals surface area contributed by atoms with E-state index in [0.717, 1.165) is 43.5 Å². The summed E-state index contributed by atoms with van der Waals surface area (Å²) in [6, 6.07) is 3.65. The Morgan fingerprint density at radius 1 is 1.30 bits per heavy atom. The third-order valence-electron chi connectivity index (χ3n) is 3.79. The van der Waals surface area contributed by atoms with Gasteiger partial charge in [0.1, 0.15) is 17.5 Å². The average Bonchev–Trinajstić information content (AvgIpc) is 2.67. The van der Waals surface area contributed by atoms with Crippen LogP contribution in [0.5, 0.6) is 0 Å². The van der Waals surface area contributed by atoms with Gasteiger partial charge >= 0.3 is 0 Å². The average molecular weight is 322 g/mol. The smallest absolute Gasteiger partial charge is 0.204 e. The molecule has 0 atom stereocenters. The molecule has 2 aromatic rings. The number of benzene rings is 1. The van der Waals surface area contributed by atoms with E-state index >= 15 is 0 Å². The summed E-state index contributed by atoms with van der Waals surface area (Å²) in [5, 5.41) is 0. The van der Waals surface area contributed by atoms with Crippen molar-refractivity contribution in [3.8, 4) is 11.4 Å². The van der Waals surface area contributed by atoms with Crippen molar-refractivity contribution in [2.24, 2.45) is 5.73 Å². The van der Waals surface area contributed by atoms with E-state index in [2.05, 4.69) is 27.2 Å². The highest BCUT2D eigenvalue weighted by molar-refractivity contribution is 5.58. The van der Waals surface area contributed by atoms with Crippen LogP contribution in [0.1, 0.15) is 17.8 Å². The lowest BCUT2D eigenvalue weighted by Crippen LogP contribution is -2.17. The molecule has 124 valence electrons. The van der Waals surface area contributed by atoms with Gasteiger partial charge in [-0.05, 0) is 39.1 Å². The van der Waals surface area contributed by atoms with Gasteiger partial charge < -0.3 is 15.2 Å². The maximum Gasteiger partial charge on any atom is 0.204 e. The van der Waals surface area contributed by atoms with E-state index in [4.69, 9.17) is 4.79 Å². The summed E-state index contributed by atoms with van der Waals surface area (Å²) in [5.74, 6) is -0.522. The molecule has 0 spiro atoms. The number of primary amides is 1. The van der Waals surface area contributed by atoms with Gasteiger partial charge in [0.2, 0.25) is 6.41 Å². The second-order valence-electron chi connectivity index (χ2n) is 5.47. The molecule has 0 radical (unpaired) electrons. The zero-order chi connectivity index (χ0) is 17.0. The Hall–Kier alpha value is -2.28. The number of aryl methyl sites for hydroxylation is 1. The molecule has 23 heavy (non-hydrogen) atoms. The van der Waals surface area contributed by atoms with Crippen molar-refractivity contribution in [3.05, 3.63) is 41.2 Å². The second kappa shape index (κ2) is 7.32. The molecule has 0 bridgehead atoms. The summed E-state index contributed by atoms with van der Waals surface area (Å²) in [6.07, 6.45) is 1.25. The molecule has 5 nitrogen and oxygen atoms in total. The number of hydrogen-bond acceptors (Lipinski definition) is 3. The lowest BCUT2D eigenvalue weighted by atomic mass is 10.2. The van der Waals surface area contributed by atoms with Gasteiger partial charge in [-0.2, -0.15) is 0 Å². The lowest BCUT2D eigenvalue weighted by Gasteiger charge is -2.12. The van der Waals surface area contributed by atoms with Gasteiger partial charge in [-0.15, -0.1) is 0 Å². The normalized spacial score (nSPS) is 14.4. The highest BCUT2D eigenvalue weighted by Gasteiger charge is 2.21. The number of carbonyl (C=O) groups excluding carboxylic acids is 1. The van der Waals surface area contributed by atoms with Crippen LogP contribution >= 0.6 is 0 Å². The Bertz CT molecular complexity index is 700. The van der Waals surface area contributed by atoms with Crippen LogP contribution in [0.2, 0.25) is 0 Å². The third kappa shape index (κ3) is 3.73. The highest BCUT2D eigenvalue weighted by atomic mass is 19.1. The minimum atomic E-state index is -0.564. The minimum Gasteiger partial charge on any atom is -0.372 e. The van der Waals surface area contributed by atoms with Gasteiger partial charge in [0.25, 0.3) is 0 Å². The van der Waals surface area contributed by atoms with Gasteiger partial charge in [0.15, 0.2) is 0 Å². The van der Waals surface area contributed by atoms with Crippen LogP contribution in [0.3, 0.4) is 0 Å². The maximum atomic E-state index is 14.0. The number of aromatic nitrogens is 2. The van der Waals surface area contributed by atoms with Crippen molar-refractivity contribution in [2.45, 2.75) is 26.4 Å². The van der Waals surface area contributed by atoms with Crippen molar-refractivity contribution in [1.82, 2.24) is 14.5 Å². The largest absolute Gasteiger partial charge is 0.372 e. The molecule has 1 aromatic carbocycles. The van der Waals surface area contributed by atoms with Crippen LogP contribution < -0.4 is 5.73 Å². The molecule has 7 heteroatoms. The van der Waals surface area contributed by atoms with Crippen molar-refractivity contribution in [1.29, 1.82) is 0 Å². The summed E-state index contributed by atoms with van der Waals surface area (Å²) in [5.41, 5.74) is 6.56. The molecule has 3 rings (SSSR count). The highest BCUT2D eigenvalue weighted by Crippen LogP contribution is 2.27. The quantitative estimate of drug-likeness (QED) is 0.818. The van der Waals surface area contributed by atoms with E-state index in [9.17, 15) is 8.78 Å². The molecule has 1 aliphatic rings. The number of nitrogens with zero attached hydrogens (tertiary/aromatic N) is 3. The summed E-state index contributed by atoms with van der Waals surface area (Å²) in [4.78, 5) is 15.3. The van der Waals surface area contributed by atoms with Crippen LogP contribution in [0.15, 0.2) is 18.2 Å². The number of fused-ring (bicyclic) bond motifs is 1. The number of carbonyl (C=O) groups is 1. The first-order valence-corrected chi connectivity index (χ1v) is 7.33. The Kier molecular flexibility index (Phi) is 5.44. The molecular formula is C16H20F2N4O. The first kappa shape index (κ1) is 17.1. The number of nitrogens with two attached hydrogens (primary N) is 1. The van der Waals surface area contributed by atoms with E-state index < -0.39 is 11.6 Å². The van der Waals surface area contributed by atoms with Crippen LogP contribution in [-0.2, 0) is 17.9 Å². The van der Waals surface area contributed by atoms with E-state index in [-0.39, 0.29) is 6.41 Å². The Morgan fingerprint density at radius 2 is 2.00 bits per heavy atom. The Balaban J connectivity index is 0.000000595. The lowest BCUT2D eigenvalue weighted by molar-refractivity contribution is -0.106. The van der Waals surface area contributed by atoms with Gasteiger partial charge in [-0.3, -0.25) is 4.79 Å². The van der Waals surface area contributed by atoms with Crippen molar-refractivity contribution in [3.63, 3.8) is 0 Å². The van der Waals surface area contributed by atoms with Crippen molar-refractivity contribution < 1.29 is 13.6 Å². The molecule has 0 fully saturated rings. The predicted molar refractivity (Wildman–Crippen MR) is 83.5 cm³/mol. The molecule has 0 unspecified atom stereocenters. The molecule has 1 aliphatic heterocycles. The fraction of sp³-hybridized carbons (Fsp3) is 0.375. The summed E-state index contributed by atoms with van der Waals surface area (Å²) in [7, 11) is 2.07. The fourth-order valence-electron chi connectivity index (χ4n) is 2.76. The van der Waals surface area contributed by atoms with Gasteiger partial charge in [-0.1, -0.05) is 0 Å². The fourth-order valence-corrected chi connectivity index (χ4v) is 2.76. The molecule has 2 N–H and O–H groups in total. The summed E-state index contributed by atoms with van der Waals surface area (Å²) in [6.45, 7) is 4.57. The Labute approximate surface area is 133 Å². The minimum absolute atomic E-state index is 0.250. The van der Waals surface area contributed by atoms with E-state index in [1.54, 1.807) is 0 Å². The first-order valence-electron chi connectivity index (χ1n) is 7.33. The van der Waals surface area contributed by atoms with E-state index in [0.29, 0.717) is 11.4 Å². The Morgan fingerprint density at radius 3 is 2.65 bits per heavy atom. The molecular weight excluding hydrogens is 302 g/mol. The number of hydrogen-bond donors (Lipinski definition) is 1. The number of halogens is 2.